The second kappa shape index (κ2) is 11.0. The van der Waals surface area contributed by atoms with Crippen LogP contribution in [0.3, 0.4) is 0 Å². The summed E-state index contributed by atoms with van der Waals surface area (Å²) in [5.74, 6) is 1.32. The molecule has 1 aliphatic rings. The maximum atomic E-state index is 12.5. The maximum absolute atomic E-state index is 12.5. The smallest absolute Gasteiger partial charge is 0.222 e. The van der Waals surface area contributed by atoms with E-state index in [-0.39, 0.29) is 5.91 Å². The zero-order valence-electron chi connectivity index (χ0n) is 13.9. The van der Waals surface area contributed by atoms with Gasteiger partial charge in [-0.25, -0.2) is 0 Å². The van der Waals surface area contributed by atoms with Crippen LogP contribution >= 0.6 is 0 Å². The van der Waals surface area contributed by atoms with Gasteiger partial charge in [0, 0.05) is 40.3 Å². The predicted molar refractivity (Wildman–Crippen MR) is 84.3 cm³/mol. The number of hydrogen-bond donors (Lipinski definition) is 1. The van der Waals surface area contributed by atoms with Gasteiger partial charge in [-0.1, -0.05) is 6.92 Å². The van der Waals surface area contributed by atoms with E-state index < -0.39 is 0 Å². The van der Waals surface area contributed by atoms with Gasteiger partial charge in [0.2, 0.25) is 5.91 Å². The molecule has 1 aliphatic heterocycles. The first kappa shape index (κ1) is 18.4. The molecule has 124 valence electrons. The number of carbonyl (C=O) groups excluding carboxylic acids is 1. The molecule has 21 heavy (non-hydrogen) atoms. The summed E-state index contributed by atoms with van der Waals surface area (Å²) < 4.78 is 10.2. The Morgan fingerprint density at radius 1 is 1.29 bits per heavy atom. The van der Waals surface area contributed by atoms with Crippen LogP contribution in [-0.2, 0) is 14.3 Å². The van der Waals surface area contributed by atoms with Crippen LogP contribution in [0.2, 0.25) is 0 Å². The topological polar surface area (TPSA) is 50.8 Å². The van der Waals surface area contributed by atoms with Crippen LogP contribution in [0.15, 0.2) is 0 Å². The molecule has 5 nitrogen and oxygen atoms in total. The largest absolute Gasteiger partial charge is 0.385 e. The van der Waals surface area contributed by atoms with Crippen LogP contribution in [0.5, 0.6) is 0 Å². The third kappa shape index (κ3) is 7.25. The Labute approximate surface area is 129 Å². The molecule has 0 saturated carbocycles. The lowest BCUT2D eigenvalue weighted by atomic mass is 9.85. The lowest BCUT2D eigenvalue weighted by Gasteiger charge is -2.30. The fourth-order valence-electron chi connectivity index (χ4n) is 2.90. The van der Waals surface area contributed by atoms with Crippen molar-refractivity contribution in [2.45, 2.75) is 32.6 Å². The molecule has 0 spiro atoms. The highest BCUT2D eigenvalue weighted by atomic mass is 16.5. The molecule has 0 aromatic heterocycles. The van der Waals surface area contributed by atoms with E-state index in [1.807, 2.05) is 4.90 Å². The highest BCUT2D eigenvalue weighted by molar-refractivity contribution is 5.76. The normalized spacial score (nSPS) is 20.2. The number of piperidine rings is 1. The zero-order chi connectivity index (χ0) is 15.5. The first-order valence-electron chi connectivity index (χ1n) is 8.15. The van der Waals surface area contributed by atoms with Crippen LogP contribution in [0.1, 0.15) is 32.6 Å². The van der Waals surface area contributed by atoms with Crippen molar-refractivity contribution < 1.29 is 14.3 Å². The number of nitrogens with one attached hydrogen (secondary N) is 1. The van der Waals surface area contributed by atoms with Crippen molar-refractivity contribution >= 4 is 5.91 Å². The van der Waals surface area contributed by atoms with Crippen molar-refractivity contribution in [3.8, 4) is 0 Å². The van der Waals surface area contributed by atoms with Gasteiger partial charge in [-0.15, -0.1) is 0 Å². The average Bonchev–Trinajstić information content (AvgIpc) is 2.51. The Kier molecular flexibility index (Phi) is 9.63. The molecule has 1 saturated heterocycles. The Morgan fingerprint density at radius 3 is 2.67 bits per heavy atom. The van der Waals surface area contributed by atoms with Crippen LogP contribution in [0, 0.1) is 11.8 Å². The molecule has 1 heterocycles. The van der Waals surface area contributed by atoms with Crippen LogP contribution in [0.25, 0.3) is 0 Å². The summed E-state index contributed by atoms with van der Waals surface area (Å²) in [6.07, 6.45) is 3.99. The summed E-state index contributed by atoms with van der Waals surface area (Å²) in [6, 6.07) is 0. The number of methoxy groups -OCH3 is 2. The molecule has 1 fully saturated rings. The number of ether oxygens (including phenoxy) is 2. The molecule has 0 bridgehead atoms. The van der Waals surface area contributed by atoms with Gasteiger partial charge >= 0.3 is 0 Å². The lowest BCUT2D eigenvalue weighted by molar-refractivity contribution is -0.133. The van der Waals surface area contributed by atoms with Crippen LogP contribution in [0.4, 0.5) is 0 Å². The summed E-state index contributed by atoms with van der Waals surface area (Å²) in [6.45, 7) is 7.10. The SMILES string of the molecule is COCCCN(CCOC)C(=O)CC(C)C1CCCNC1. The van der Waals surface area contributed by atoms with Gasteiger partial charge in [0.1, 0.15) is 0 Å². The highest BCUT2D eigenvalue weighted by Gasteiger charge is 2.24. The summed E-state index contributed by atoms with van der Waals surface area (Å²) in [5, 5.41) is 3.43. The Bertz CT molecular complexity index is 281. The Morgan fingerprint density at radius 2 is 2.05 bits per heavy atom. The van der Waals surface area contributed by atoms with Gasteiger partial charge in [-0.2, -0.15) is 0 Å². The van der Waals surface area contributed by atoms with E-state index in [0.29, 0.717) is 38.0 Å². The molecular formula is C16H32N2O3. The van der Waals surface area contributed by atoms with Gasteiger partial charge < -0.3 is 19.7 Å². The second-order valence-corrected chi connectivity index (χ2v) is 6.01. The molecule has 2 atom stereocenters. The Hall–Kier alpha value is -0.650. The first-order chi connectivity index (χ1) is 10.2. The van der Waals surface area contributed by atoms with E-state index in [4.69, 9.17) is 9.47 Å². The average molecular weight is 300 g/mol. The third-order valence-corrected chi connectivity index (χ3v) is 4.33. The quantitative estimate of drug-likeness (QED) is 0.622. The van der Waals surface area contributed by atoms with Crippen molar-refractivity contribution in [3.05, 3.63) is 0 Å². The van der Waals surface area contributed by atoms with Crippen molar-refractivity contribution in [1.29, 1.82) is 0 Å². The van der Waals surface area contributed by atoms with E-state index >= 15 is 0 Å². The van der Waals surface area contributed by atoms with Gasteiger partial charge in [0.05, 0.1) is 6.61 Å². The van der Waals surface area contributed by atoms with E-state index in [0.717, 1.165) is 26.1 Å². The number of hydrogen-bond acceptors (Lipinski definition) is 4. The number of nitrogens with zero attached hydrogens (tertiary/aromatic N) is 1. The molecule has 1 rings (SSSR count). The molecule has 1 amide bonds. The standard InChI is InChI=1S/C16H32N2O3/c1-14(15-6-4-7-17-13-15)12-16(19)18(9-11-21-3)8-5-10-20-2/h14-15,17H,4-13H2,1-3H3. The molecule has 5 heteroatoms. The molecule has 2 unspecified atom stereocenters. The van der Waals surface area contributed by atoms with Crippen molar-refractivity contribution in [2.75, 3.05) is 53.6 Å². The monoisotopic (exact) mass is 300 g/mol. The van der Waals surface area contributed by atoms with Crippen LogP contribution in [-0.4, -0.2) is 64.4 Å². The summed E-state index contributed by atoms with van der Waals surface area (Å²) in [5.41, 5.74) is 0. The first-order valence-corrected chi connectivity index (χ1v) is 8.15. The minimum Gasteiger partial charge on any atom is -0.385 e. The van der Waals surface area contributed by atoms with E-state index in [1.165, 1.54) is 12.8 Å². The minimum absolute atomic E-state index is 0.251. The molecule has 0 radical (unpaired) electrons. The molecular weight excluding hydrogens is 268 g/mol. The van der Waals surface area contributed by atoms with Crippen molar-refractivity contribution in [2.24, 2.45) is 11.8 Å². The Balaban J connectivity index is 2.41. The van der Waals surface area contributed by atoms with Gasteiger partial charge in [0.25, 0.3) is 0 Å². The lowest BCUT2D eigenvalue weighted by Crippen LogP contribution is -2.39. The number of amides is 1. The van der Waals surface area contributed by atoms with Crippen molar-refractivity contribution in [1.82, 2.24) is 10.2 Å². The predicted octanol–water partition coefficient (Wildman–Crippen LogP) is 1.52. The van der Waals surface area contributed by atoms with Gasteiger partial charge in [-0.3, -0.25) is 4.79 Å². The number of rotatable bonds is 10. The fourth-order valence-corrected chi connectivity index (χ4v) is 2.90. The van der Waals surface area contributed by atoms with E-state index in [9.17, 15) is 4.79 Å². The van der Waals surface area contributed by atoms with E-state index in [2.05, 4.69) is 12.2 Å². The number of carbonyl (C=O) groups is 1. The molecule has 0 aromatic carbocycles. The zero-order valence-corrected chi connectivity index (χ0v) is 13.9. The van der Waals surface area contributed by atoms with Gasteiger partial charge in [-0.05, 0) is 44.2 Å². The fraction of sp³-hybridized carbons (Fsp3) is 0.938. The van der Waals surface area contributed by atoms with Gasteiger partial charge in [0.15, 0.2) is 0 Å². The van der Waals surface area contributed by atoms with Crippen LogP contribution < -0.4 is 5.32 Å². The molecule has 1 N–H and O–H groups in total. The molecule has 0 aliphatic carbocycles. The summed E-state index contributed by atoms with van der Waals surface area (Å²) in [4.78, 5) is 14.4. The van der Waals surface area contributed by atoms with Crippen molar-refractivity contribution in [3.63, 3.8) is 0 Å². The summed E-state index contributed by atoms with van der Waals surface area (Å²) in [7, 11) is 3.37. The minimum atomic E-state index is 0.251. The molecule has 0 aromatic rings. The maximum Gasteiger partial charge on any atom is 0.222 e. The van der Waals surface area contributed by atoms with E-state index in [1.54, 1.807) is 14.2 Å². The summed E-state index contributed by atoms with van der Waals surface area (Å²) >= 11 is 0. The highest BCUT2D eigenvalue weighted by Crippen LogP contribution is 2.23. The second-order valence-electron chi connectivity index (χ2n) is 6.01. The third-order valence-electron chi connectivity index (χ3n) is 4.33.